The van der Waals surface area contributed by atoms with Crippen molar-refractivity contribution >= 4 is 5.91 Å². The molecule has 2 aliphatic rings. The van der Waals surface area contributed by atoms with Gasteiger partial charge in [0, 0.05) is 25.7 Å². The van der Waals surface area contributed by atoms with Crippen LogP contribution in [0.1, 0.15) is 29.8 Å². The molecule has 1 atom stereocenters. The molecular weight excluding hydrogens is 216 g/mol. The molecular formula is C13H18N2O2. The highest BCUT2D eigenvalue weighted by molar-refractivity contribution is 5.91. The molecule has 0 N–H and O–H groups in total. The normalized spacial score (nSPS) is 25.6. The third kappa shape index (κ3) is 2.09. The Morgan fingerprint density at radius 3 is 3.00 bits per heavy atom. The second-order valence-corrected chi connectivity index (χ2v) is 4.91. The molecule has 92 valence electrons. The molecule has 3 rings (SSSR count). The van der Waals surface area contributed by atoms with Gasteiger partial charge in [-0.25, -0.2) is 0 Å². The Kier molecular flexibility index (Phi) is 2.89. The third-order valence-electron chi connectivity index (χ3n) is 3.82. The summed E-state index contributed by atoms with van der Waals surface area (Å²) in [5.74, 6) is 0.514. The van der Waals surface area contributed by atoms with Crippen LogP contribution in [0.4, 0.5) is 0 Å². The van der Waals surface area contributed by atoms with E-state index in [1.54, 1.807) is 18.4 Å². The first-order valence-electron chi connectivity index (χ1n) is 6.41. The van der Waals surface area contributed by atoms with E-state index >= 15 is 0 Å². The highest BCUT2D eigenvalue weighted by atomic mass is 16.3. The predicted molar refractivity (Wildman–Crippen MR) is 63.8 cm³/mol. The molecule has 0 spiro atoms. The lowest BCUT2D eigenvalue weighted by atomic mass is 10.2. The number of hydrogen-bond donors (Lipinski definition) is 0. The van der Waals surface area contributed by atoms with Crippen LogP contribution in [0.25, 0.3) is 0 Å². The van der Waals surface area contributed by atoms with Crippen LogP contribution < -0.4 is 0 Å². The van der Waals surface area contributed by atoms with E-state index in [1.807, 2.05) is 4.90 Å². The van der Waals surface area contributed by atoms with Gasteiger partial charge in [-0.15, -0.1) is 0 Å². The largest absolute Gasteiger partial charge is 0.459 e. The summed E-state index contributed by atoms with van der Waals surface area (Å²) >= 11 is 0. The molecule has 3 heterocycles. The molecule has 4 heteroatoms. The minimum absolute atomic E-state index is 0.0451. The van der Waals surface area contributed by atoms with Crippen LogP contribution >= 0.6 is 0 Å². The van der Waals surface area contributed by atoms with Gasteiger partial charge in [0.05, 0.1) is 6.26 Å². The summed E-state index contributed by atoms with van der Waals surface area (Å²) < 4.78 is 5.20. The molecule has 2 saturated heterocycles. The number of hydrogen-bond acceptors (Lipinski definition) is 3. The van der Waals surface area contributed by atoms with Gasteiger partial charge in [-0.2, -0.15) is 0 Å². The second-order valence-electron chi connectivity index (χ2n) is 4.91. The molecule has 17 heavy (non-hydrogen) atoms. The van der Waals surface area contributed by atoms with Gasteiger partial charge in [-0.1, -0.05) is 0 Å². The van der Waals surface area contributed by atoms with Gasteiger partial charge in [-0.05, 0) is 37.9 Å². The summed E-state index contributed by atoms with van der Waals surface area (Å²) in [5.41, 5.74) is 0. The van der Waals surface area contributed by atoms with Gasteiger partial charge in [0.1, 0.15) is 0 Å². The minimum atomic E-state index is 0.0451. The SMILES string of the molecule is O=C(c1ccco1)N1CCCN2CCCC2C1. The van der Waals surface area contributed by atoms with E-state index in [1.165, 1.54) is 19.4 Å². The number of rotatable bonds is 1. The van der Waals surface area contributed by atoms with Crippen LogP contribution in [-0.2, 0) is 0 Å². The molecule has 1 unspecified atom stereocenters. The van der Waals surface area contributed by atoms with E-state index < -0.39 is 0 Å². The first-order chi connectivity index (χ1) is 8.34. The van der Waals surface area contributed by atoms with E-state index in [9.17, 15) is 4.79 Å². The molecule has 1 amide bonds. The number of nitrogens with zero attached hydrogens (tertiary/aromatic N) is 2. The van der Waals surface area contributed by atoms with Gasteiger partial charge in [0.25, 0.3) is 5.91 Å². The number of fused-ring (bicyclic) bond motifs is 1. The smallest absolute Gasteiger partial charge is 0.289 e. The standard InChI is InChI=1S/C13H18N2O2/c16-13(12-5-2-9-17-12)15-8-3-7-14-6-1-4-11(14)10-15/h2,5,9,11H,1,3-4,6-8,10H2. The van der Waals surface area contributed by atoms with Crippen molar-refractivity contribution < 1.29 is 9.21 Å². The topological polar surface area (TPSA) is 36.7 Å². The van der Waals surface area contributed by atoms with E-state index in [2.05, 4.69) is 4.90 Å². The Bertz CT molecular complexity index is 388. The van der Waals surface area contributed by atoms with Crippen molar-refractivity contribution in [3.8, 4) is 0 Å². The maximum absolute atomic E-state index is 12.2. The lowest BCUT2D eigenvalue weighted by Crippen LogP contribution is -2.39. The van der Waals surface area contributed by atoms with Gasteiger partial charge in [0.15, 0.2) is 5.76 Å². The van der Waals surface area contributed by atoms with Crippen molar-refractivity contribution in [3.63, 3.8) is 0 Å². The molecule has 2 aliphatic heterocycles. The van der Waals surface area contributed by atoms with Gasteiger partial charge in [0.2, 0.25) is 0 Å². The van der Waals surface area contributed by atoms with Crippen molar-refractivity contribution in [2.45, 2.75) is 25.3 Å². The minimum Gasteiger partial charge on any atom is -0.459 e. The van der Waals surface area contributed by atoms with Gasteiger partial charge in [-0.3, -0.25) is 9.69 Å². The number of carbonyl (C=O) groups excluding carboxylic acids is 1. The van der Waals surface area contributed by atoms with E-state index in [4.69, 9.17) is 4.42 Å². The Labute approximate surface area is 101 Å². The predicted octanol–water partition coefficient (Wildman–Crippen LogP) is 1.59. The zero-order valence-corrected chi connectivity index (χ0v) is 9.97. The molecule has 0 bridgehead atoms. The second kappa shape index (κ2) is 4.53. The molecule has 0 radical (unpaired) electrons. The van der Waals surface area contributed by atoms with Crippen molar-refractivity contribution in [3.05, 3.63) is 24.2 Å². The highest BCUT2D eigenvalue weighted by Gasteiger charge is 2.31. The summed E-state index contributed by atoms with van der Waals surface area (Å²) in [7, 11) is 0. The van der Waals surface area contributed by atoms with Crippen molar-refractivity contribution in [1.29, 1.82) is 0 Å². The molecule has 0 aliphatic carbocycles. The molecule has 0 aromatic carbocycles. The molecule has 4 nitrogen and oxygen atoms in total. The van der Waals surface area contributed by atoms with E-state index in [-0.39, 0.29) is 5.91 Å². The fraction of sp³-hybridized carbons (Fsp3) is 0.615. The summed E-state index contributed by atoms with van der Waals surface area (Å²) in [5, 5.41) is 0. The van der Waals surface area contributed by atoms with Gasteiger partial charge >= 0.3 is 0 Å². The Morgan fingerprint density at radius 2 is 2.18 bits per heavy atom. The Balaban J connectivity index is 1.72. The van der Waals surface area contributed by atoms with E-state index in [0.717, 1.165) is 26.1 Å². The maximum atomic E-state index is 12.2. The summed E-state index contributed by atoms with van der Waals surface area (Å²) in [6.45, 7) is 4.05. The molecule has 0 saturated carbocycles. The lowest BCUT2D eigenvalue weighted by Gasteiger charge is -2.25. The average molecular weight is 234 g/mol. The third-order valence-corrected chi connectivity index (χ3v) is 3.82. The van der Waals surface area contributed by atoms with E-state index in [0.29, 0.717) is 11.8 Å². The summed E-state index contributed by atoms with van der Waals surface area (Å²) in [6.07, 6.45) is 5.13. The van der Waals surface area contributed by atoms with Crippen molar-refractivity contribution in [1.82, 2.24) is 9.80 Å². The highest BCUT2D eigenvalue weighted by Crippen LogP contribution is 2.22. The number of amides is 1. The number of carbonyl (C=O) groups is 1. The molecule has 1 aromatic rings. The first-order valence-corrected chi connectivity index (χ1v) is 6.41. The zero-order valence-electron chi connectivity index (χ0n) is 9.97. The Morgan fingerprint density at radius 1 is 1.29 bits per heavy atom. The van der Waals surface area contributed by atoms with Gasteiger partial charge < -0.3 is 9.32 Å². The van der Waals surface area contributed by atoms with Crippen LogP contribution in [-0.4, -0.2) is 47.9 Å². The first kappa shape index (κ1) is 10.8. The lowest BCUT2D eigenvalue weighted by molar-refractivity contribution is 0.0711. The fourth-order valence-electron chi connectivity index (χ4n) is 2.95. The van der Waals surface area contributed by atoms with Crippen LogP contribution in [0.3, 0.4) is 0 Å². The van der Waals surface area contributed by atoms with Crippen LogP contribution in [0.5, 0.6) is 0 Å². The number of furan rings is 1. The quantitative estimate of drug-likeness (QED) is 0.740. The fourth-order valence-corrected chi connectivity index (χ4v) is 2.95. The summed E-state index contributed by atoms with van der Waals surface area (Å²) in [6, 6.07) is 4.09. The van der Waals surface area contributed by atoms with Crippen LogP contribution in [0, 0.1) is 0 Å². The van der Waals surface area contributed by atoms with Crippen molar-refractivity contribution in [2.75, 3.05) is 26.2 Å². The average Bonchev–Trinajstić information content (AvgIpc) is 2.96. The molecule has 2 fully saturated rings. The summed E-state index contributed by atoms with van der Waals surface area (Å²) in [4.78, 5) is 16.7. The Hall–Kier alpha value is -1.29. The maximum Gasteiger partial charge on any atom is 0.289 e. The zero-order chi connectivity index (χ0) is 11.7. The van der Waals surface area contributed by atoms with Crippen LogP contribution in [0.2, 0.25) is 0 Å². The molecule has 1 aromatic heterocycles. The monoisotopic (exact) mass is 234 g/mol. The van der Waals surface area contributed by atoms with Crippen LogP contribution in [0.15, 0.2) is 22.8 Å². The van der Waals surface area contributed by atoms with Crippen molar-refractivity contribution in [2.24, 2.45) is 0 Å².